The second-order valence-corrected chi connectivity index (χ2v) is 3.58. The predicted molar refractivity (Wildman–Crippen MR) is 55.6 cm³/mol. The molecule has 0 fully saturated rings. The van der Waals surface area contributed by atoms with Gasteiger partial charge >= 0.3 is 0 Å². The third kappa shape index (κ3) is 1.63. The molecule has 3 nitrogen and oxygen atoms in total. The van der Waals surface area contributed by atoms with Crippen molar-refractivity contribution >= 4 is 21.9 Å². The predicted octanol–water partition coefficient (Wildman–Crippen LogP) is 2.36. The van der Waals surface area contributed by atoms with E-state index in [9.17, 15) is 4.39 Å². The molecular weight excluding hydrogens is 249 g/mol. The van der Waals surface area contributed by atoms with E-state index < -0.39 is 0 Å². The fraction of sp³-hybridized carbons (Fsp3) is 0. The van der Waals surface area contributed by atoms with Crippen LogP contribution in [0.4, 0.5) is 10.3 Å². The zero-order chi connectivity index (χ0) is 10.1. The number of nitrogens with zero attached hydrogens (tertiary/aromatic N) is 2. The second-order valence-electron chi connectivity index (χ2n) is 2.77. The molecular formula is C9H7BrFN3. The Hall–Kier alpha value is -1.36. The molecule has 0 spiro atoms. The fourth-order valence-electron chi connectivity index (χ4n) is 1.20. The van der Waals surface area contributed by atoms with Crippen LogP contribution in [0.2, 0.25) is 0 Å². The topological polar surface area (TPSA) is 43.8 Å². The Balaban J connectivity index is 2.54. The van der Waals surface area contributed by atoms with Gasteiger partial charge in [0.1, 0.15) is 10.4 Å². The highest BCUT2D eigenvalue weighted by atomic mass is 79.9. The van der Waals surface area contributed by atoms with Gasteiger partial charge in [0.25, 0.3) is 0 Å². The van der Waals surface area contributed by atoms with Crippen LogP contribution >= 0.6 is 15.9 Å². The summed E-state index contributed by atoms with van der Waals surface area (Å²) in [6.45, 7) is 0. The van der Waals surface area contributed by atoms with Gasteiger partial charge in [-0.05, 0) is 34.1 Å². The lowest BCUT2D eigenvalue weighted by molar-refractivity contribution is 0.626. The summed E-state index contributed by atoms with van der Waals surface area (Å²) in [6.07, 6.45) is 1.68. The Morgan fingerprint density at radius 2 is 2.21 bits per heavy atom. The molecule has 0 aliphatic rings. The van der Waals surface area contributed by atoms with E-state index >= 15 is 0 Å². The van der Waals surface area contributed by atoms with Crippen molar-refractivity contribution in [3.63, 3.8) is 0 Å². The molecule has 2 rings (SSSR count). The number of benzene rings is 1. The molecule has 0 atom stereocenters. The Bertz CT molecular complexity index is 467. The third-order valence-corrected chi connectivity index (χ3v) is 2.17. The van der Waals surface area contributed by atoms with Gasteiger partial charge in [-0.2, -0.15) is 0 Å². The molecule has 0 amide bonds. The SMILES string of the molecule is Nc1nc(Br)cn1-c1cccc(F)c1. The van der Waals surface area contributed by atoms with Crippen molar-refractivity contribution in [1.29, 1.82) is 0 Å². The van der Waals surface area contributed by atoms with Crippen molar-refractivity contribution in [1.82, 2.24) is 9.55 Å². The first-order valence-electron chi connectivity index (χ1n) is 3.93. The molecule has 0 bridgehead atoms. The van der Waals surface area contributed by atoms with Gasteiger partial charge in [0.15, 0.2) is 0 Å². The summed E-state index contributed by atoms with van der Waals surface area (Å²) in [5.41, 5.74) is 6.28. The van der Waals surface area contributed by atoms with E-state index in [2.05, 4.69) is 20.9 Å². The van der Waals surface area contributed by atoms with E-state index in [0.29, 0.717) is 16.2 Å². The van der Waals surface area contributed by atoms with E-state index in [1.165, 1.54) is 12.1 Å². The van der Waals surface area contributed by atoms with Gasteiger partial charge in [-0.15, -0.1) is 0 Å². The number of hydrogen-bond donors (Lipinski definition) is 1. The standard InChI is InChI=1S/C9H7BrFN3/c10-8-5-14(9(12)13-8)7-3-1-2-6(11)4-7/h1-5H,(H2,12,13). The molecule has 2 aromatic rings. The quantitative estimate of drug-likeness (QED) is 0.851. The summed E-state index contributed by atoms with van der Waals surface area (Å²) in [5.74, 6) is 0.0224. The molecule has 1 aromatic heterocycles. The maximum absolute atomic E-state index is 12.9. The maximum Gasteiger partial charge on any atom is 0.205 e. The van der Waals surface area contributed by atoms with Gasteiger partial charge in [0, 0.05) is 6.20 Å². The number of halogens is 2. The normalized spacial score (nSPS) is 10.4. The van der Waals surface area contributed by atoms with Crippen molar-refractivity contribution in [2.75, 3.05) is 5.73 Å². The number of rotatable bonds is 1. The molecule has 0 saturated heterocycles. The number of imidazole rings is 1. The number of hydrogen-bond acceptors (Lipinski definition) is 2. The van der Waals surface area contributed by atoms with E-state index in [1.807, 2.05) is 0 Å². The highest BCUT2D eigenvalue weighted by Crippen LogP contribution is 2.17. The molecule has 14 heavy (non-hydrogen) atoms. The Kier molecular flexibility index (Phi) is 2.25. The average Bonchev–Trinajstić information content (AvgIpc) is 2.45. The van der Waals surface area contributed by atoms with E-state index in [1.54, 1.807) is 22.9 Å². The van der Waals surface area contributed by atoms with E-state index in [4.69, 9.17) is 5.73 Å². The maximum atomic E-state index is 12.9. The number of anilines is 1. The van der Waals surface area contributed by atoms with Crippen LogP contribution in [0.25, 0.3) is 5.69 Å². The van der Waals surface area contributed by atoms with Gasteiger partial charge in [0.2, 0.25) is 5.95 Å². The van der Waals surface area contributed by atoms with Crippen LogP contribution in [0, 0.1) is 5.82 Å². The summed E-state index contributed by atoms with van der Waals surface area (Å²) in [4.78, 5) is 3.95. The summed E-state index contributed by atoms with van der Waals surface area (Å²) in [6, 6.07) is 6.15. The molecule has 2 N–H and O–H groups in total. The number of nitrogen functional groups attached to an aromatic ring is 1. The summed E-state index contributed by atoms with van der Waals surface area (Å²) >= 11 is 3.19. The Morgan fingerprint density at radius 1 is 1.43 bits per heavy atom. The molecule has 5 heteroatoms. The summed E-state index contributed by atoms with van der Waals surface area (Å²) in [7, 11) is 0. The zero-order valence-electron chi connectivity index (χ0n) is 7.11. The van der Waals surface area contributed by atoms with Gasteiger partial charge in [-0.1, -0.05) is 6.07 Å². The smallest absolute Gasteiger partial charge is 0.205 e. The van der Waals surface area contributed by atoms with Crippen molar-refractivity contribution < 1.29 is 4.39 Å². The minimum Gasteiger partial charge on any atom is -0.369 e. The highest BCUT2D eigenvalue weighted by Gasteiger charge is 2.04. The first-order chi connectivity index (χ1) is 6.66. The molecule has 0 aliphatic heterocycles. The minimum atomic E-state index is -0.299. The van der Waals surface area contributed by atoms with Crippen LogP contribution in [-0.4, -0.2) is 9.55 Å². The van der Waals surface area contributed by atoms with Crippen molar-refractivity contribution in [3.8, 4) is 5.69 Å². The van der Waals surface area contributed by atoms with Gasteiger partial charge in [-0.25, -0.2) is 9.37 Å². The minimum absolute atomic E-state index is 0.299. The van der Waals surface area contributed by atoms with Gasteiger partial charge < -0.3 is 5.73 Å². The van der Waals surface area contributed by atoms with E-state index in [-0.39, 0.29) is 5.82 Å². The highest BCUT2D eigenvalue weighted by molar-refractivity contribution is 9.10. The third-order valence-electron chi connectivity index (χ3n) is 1.79. The molecule has 0 unspecified atom stereocenters. The fourth-order valence-corrected chi connectivity index (χ4v) is 1.58. The first-order valence-corrected chi connectivity index (χ1v) is 4.72. The largest absolute Gasteiger partial charge is 0.369 e. The summed E-state index contributed by atoms with van der Waals surface area (Å²) in [5, 5.41) is 0. The van der Waals surface area contributed by atoms with Crippen LogP contribution in [0.3, 0.4) is 0 Å². The Labute approximate surface area is 88.5 Å². The van der Waals surface area contributed by atoms with Crippen LogP contribution in [0.5, 0.6) is 0 Å². The van der Waals surface area contributed by atoms with Gasteiger partial charge in [0.05, 0.1) is 5.69 Å². The zero-order valence-corrected chi connectivity index (χ0v) is 8.70. The number of aromatic nitrogens is 2. The molecule has 0 aliphatic carbocycles. The first kappa shape index (κ1) is 9.21. The van der Waals surface area contributed by atoms with E-state index in [0.717, 1.165) is 0 Å². The molecule has 0 radical (unpaired) electrons. The molecule has 1 aromatic carbocycles. The monoisotopic (exact) mass is 255 g/mol. The van der Waals surface area contributed by atoms with Crippen molar-refractivity contribution in [2.24, 2.45) is 0 Å². The summed E-state index contributed by atoms with van der Waals surface area (Å²) < 4.78 is 15.1. The molecule has 0 saturated carbocycles. The van der Waals surface area contributed by atoms with Crippen LogP contribution in [-0.2, 0) is 0 Å². The second kappa shape index (κ2) is 3.42. The van der Waals surface area contributed by atoms with Crippen LogP contribution in [0.15, 0.2) is 35.1 Å². The lowest BCUT2D eigenvalue weighted by Gasteiger charge is -2.03. The lowest BCUT2D eigenvalue weighted by Crippen LogP contribution is -1.99. The van der Waals surface area contributed by atoms with Crippen LogP contribution in [0.1, 0.15) is 0 Å². The average molecular weight is 256 g/mol. The van der Waals surface area contributed by atoms with Crippen molar-refractivity contribution in [3.05, 3.63) is 40.9 Å². The lowest BCUT2D eigenvalue weighted by atomic mass is 10.3. The van der Waals surface area contributed by atoms with Crippen LogP contribution < -0.4 is 5.73 Å². The van der Waals surface area contributed by atoms with Gasteiger partial charge in [-0.3, -0.25) is 4.57 Å². The molecule has 72 valence electrons. The molecule has 1 heterocycles. The Morgan fingerprint density at radius 3 is 2.79 bits per heavy atom. The number of nitrogens with two attached hydrogens (primary N) is 1. The van der Waals surface area contributed by atoms with Crippen molar-refractivity contribution in [2.45, 2.75) is 0 Å².